The zero-order valence-corrected chi connectivity index (χ0v) is 8.76. The highest BCUT2D eigenvalue weighted by molar-refractivity contribution is 5.76. The molecular formula is C11H12N4O. The predicted molar refractivity (Wildman–Crippen MR) is 60.3 cm³/mol. The lowest BCUT2D eigenvalue weighted by Crippen LogP contribution is -2.29. The van der Waals surface area contributed by atoms with E-state index in [-0.39, 0.29) is 11.6 Å². The maximum atomic E-state index is 12.1. The molecule has 5 nitrogen and oxygen atoms in total. The van der Waals surface area contributed by atoms with E-state index < -0.39 is 0 Å². The van der Waals surface area contributed by atoms with Crippen LogP contribution in [-0.2, 0) is 0 Å². The summed E-state index contributed by atoms with van der Waals surface area (Å²) >= 11 is 0. The van der Waals surface area contributed by atoms with Gasteiger partial charge in [-0.3, -0.25) is 4.79 Å². The van der Waals surface area contributed by atoms with Gasteiger partial charge < -0.3 is 5.32 Å². The van der Waals surface area contributed by atoms with Gasteiger partial charge in [-0.1, -0.05) is 17.3 Å². The summed E-state index contributed by atoms with van der Waals surface area (Å²) in [6.07, 6.45) is 0.937. The van der Waals surface area contributed by atoms with Gasteiger partial charge in [0.25, 0.3) is 5.56 Å². The van der Waals surface area contributed by atoms with E-state index in [1.165, 1.54) is 4.68 Å². The minimum absolute atomic E-state index is 0.0423. The molecular weight excluding hydrogens is 204 g/mol. The van der Waals surface area contributed by atoms with Gasteiger partial charge in [0.2, 0.25) is 0 Å². The molecule has 0 aliphatic carbocycles. The van der Waals surface area contributed by atoms with Crippen LogP contribution in [-0.4, -0.2) is 28.1 Å². The molecule has 1 aliphatic rings. The molecule has 2 aromatic rings. The number of aromatic nitrogens is 3. The van der Waals surface area contributed by atoms with Crippen LogP contribution in [0.15, 0.2) is 29.1 Å². The number of benzene rings is 1. The third-order valence-corrected chi connectivity index (χ3v) is 2.97. The minimum Gasteiger partial charge on any atom is -0.315 e. The van der Waals surface area contributed by atoms with Gasteiger partial charge in [0.1, 0.15) is 5.52 Å². The van der Waals surface area contributed by atoms with Crippen molar-refractivity contribution in [3.8, 4) is 0 Å². The molecule has 0 bridgehead atoms. The van der Waals surface area contributed by atoms with E-state index in [9.17, 15) is 4.79 Å². The van der Waals surface area contributed by atoms with E-state index >= 15 is 0 Å². The molecule has 3 rings (SSSR count). The van der Waals surface area contributed by atoms with E-state index in [1.54, 1.807) is 12.1 Å². The van der Waals surface area contributed by atoms with Gasteiger partial charge in [-0.25, -0.2) is 4.68 Å². The summed E-state index contributed by atoms with van der Waals surface area (Å²) in [4.78, 5) is 12.1. The minimum atomic E-state index is -0.0423. The van der Waals surface area contributed by atoms with E-state index in [0.717, 1.165) is 19.5 Å². The number of hydrogen-bond acceptors (Lipinski definition) is 4. The lowest BCUT2D eigenvalue weighted by molar-refractivity contribution is 0.448. The molecule has 1 N–H and O–H groups in total. The molecule has 1 fully saturated rings. The van der Waals surface area contributed by atoms with Gasteiger partial charge in [0.05, 0.1) is 11.4 Å². The van der Waals surface area contributed by atoms with Crippen molar-refractivity contribution in [2.45, 2.75) is 12.5 Å². The van der Waals surface area contributed by atoms with Crippen LogP contribution < -0.4 is 10.9 Å². The van der Waals surface area contributed by atoms with Crippen molar-refractivity contribution >= 4 is 10.9 Å². The summed E-state index contributed by atoms with van der Waals surface area (Å²) < 4.78 is 1.50. The van der Waals surface area contributed by atoms with Crippen LogP contribution in [0.25, 0.3) is 10.9 Å². The Kier molecular flexibility index (Phi) is 2.18. The first-order valence-electron chi connectivity index (χ1n) is 5.41. The van der Waals surface area contributed by atoms with Crippen LogP contribution in [0.3, 0.4) is 0 Å². The average Bonchev–Trinajstić information content (AvgIpc) is 2.83. The largest absolute Gasteiger partial charge is 0.315 e. The van der Waals surface area contributed by atoms with Gasteiger partial charge in [-0.2, -0.15) is 0 Å². The highest BCUT2D eigenvalue weighted by Gasteiger charge is 2.19. The van der Waals surface area contributed by atoms with Crippen molar-refractivity contribution < 1.29 is 0 Å². The van der Waals surface area contributed by atoms with Gasteiger partial charge >= 0.3 is 0 Å². The van der Waals surface area contributed by atoms with Crippen molar-refractivity contribution in [3.63, 3.8) is 0 Å². The normalized spacial score (nSPS) is 20.4. The van der Waals surface area contributed by atoms with Gasteiger partial charge in [0, 0.05) is 6.54 Å². The summed E-state index contributed by atoms with van der Waals surface area (Å²) in [6, 6.07) is 7.46. The summed E-state index contributed by atoms with van der Waals surface area (Å²) in [5.41, 5.74) is 0.619. The summed E-state index contributed by atoms with van der Waals surface area (Å²) in [6.45, 7) is 1.73. The van der Waals surface area contributed by atoms with Gasteiger partial charge in [-0.15, -0.1) is 5.10 Å². The first kappa shape index (κ1) is 9.47. The fourth-order valence-corrected chi connectivity index (χ4v) is 2.09. The Morgan fingerprint density at radius 2 is 2.25 bits per heavy atom. The Morgan fingerprint density at radius 1 is 1.38 bits per heavy atom. The van der Waals surface area contributed by atoms with Crippen LogP contribution in [0.1, 0.15) is 12.5 Å². The highest BCUT2D eigenvalue weighted by Crippen LogP contribution is 2.12. The molecule has 0 spiro atoms. The van der Waals surface area contributed by atoms with Crippen LogP contribution in [0.4, 0.5) is 0 Å². The molecule has 2 heterocycles. The highest BCUT2D eigenvalue weighted by atomic mass is 16.1. The maximum absolute atomic E-state index is 12.1. The summed E-state index contributed by atoms with van der Waals surface area (Å²) in [5, 5.41) is 11.9. The monoisotopic (exact) mass is 216 g/mol. The number of hydrogen-bond donors (Lipinski definition) is 1. The van der Waals surface area contributed by atoms with Gasteiger partial charge in [0.15, 0.2) is 0 Å². The van der Waals surface area contributed by atoms with Crippen LogP contribution >= 0.6 is 0 Å². The number of rotatable bonds is 1. The quantitative estimate of drug-likeness (QED) is 0.746. The number of nitrogens with one attached hydrogen (secondary N) is 1. The second kappa shape index (κ2) is 3.68. The molecule has 1 aromatic carbocycles. The zero-order valence-electron chi connectivity index (χ0n) is 8.76. The van der Waals surface area contributed by atoms with E-state index in [0.29, 0.717) is 10.9 Å². The van der Waals surface area contributed by atoms with Crippen molar-refractivity contribution in [2.24, 2.45) is 0 Å². The molecule has 1 saturated heterocycles. The Labute approximate surface area is 92.1 Å². The average molecular weight is 216 g/mol. The Bertz CT molecular complexity index is 571. The molecule has 0 saturated carbocycles. The number of fused-ring (bicyclic) bond motifs is 1. The van der Waals surface area contributed by atoms with Crippen molar-refractivity contribution in [1.82, 2.24) is 20.3 Å². The van der Waals surface area contributed by atoms with Crippen LogP contribution in [0, 0.1) is 0 Å². The lowest BCUT2D eigenvalue weighted by Gasteiger charge is -2.10. The fourth-order valence-electron chi connectivity index (χ4n) is 2.09. The summed E-state index contributed by atoms with van der Waals surface area (Å²) in [5.74, 6) is 0. The van der Waals surface area contributed by atoms with Crippen molar-refractivity contribution in [1.29, 1.82) is 0 Å². The third-order valence-electron chi connectivity index (χ3n) is 2.97. The number of nitrogens with zero attached hydrogens (tertiary/aromatic N) is 3. The summed E-state index contributed by atoms with van der Waals surface area (Å²) in [7, 11) is 0. The van der Waals surface area contributed by atoms with Crippen molar-refractivity contribution in [2.75, 3.05) is 13.1 Å². The molecule has 5 heteroatoms. The predicted octanol–water partition coefficient (Wildman–Crippen LogP) is 0.326. The Balaban J connectivity index is 2.19. The lowest BCUT2D eigenvalue weighted by atomic mass is 10.2. The molecule has 1 atom stereocenters. The zero-order chi connectivity index (χ0) is 11.0. The molecule has 82 valence electrons. The second-order valence-corrected chi connectivity index (χ2v) is 4.00. The fraction of sp³-hybridized carbons (Fsp3) is 0.364. The molecule has 0 unspecified atom stereocenters. The van der Waals surface area contributed by atoms with Gasteiger partial charge in [-0.05, 0) is 25.1 Å². The molecule has 1 aromatic heterocycles. The SMILES string of the molecule is O=c1c2ccccc2nnn1[C@@H]1CCNC1. The standard InChI is InChI=1S/C11H12N4O/c16-11-9-3-1-2-4-10(9)13-14-15(11)8-5-6-12-7-8/h1-4,8,12H,5-7H2/t8-/m1/s1. The molecule has 0 amide bonds. The maximum Gasteiger partial charge on any atom is 0.277 e. The molecule has 0 radical (unpaired) electrons. The second-order valence-electron chi connectivity index (χ2n) is 4.00. The van der Waals surface area contributed by atoms with E-state index in [4.69, 9.17) is 0 Å². The molecule has 16 heavy (non-hydrogen) atoms. The first-order chi connectivity index (χ1) is 7.86. The van der Waals surface area contributed by atoms with Crippen LogP contribution in [0.2, 0.25) is 0 Å². The Morgan fingerprint density at radius 3 is 3.06 bits per heavy atom. The van der Waals surface area contributed by atoms with E-state index in [2.05, 4.69) is 15.6 Å². The van der Waals surface area contributed by atoms with Crippen LogP contribution in [0.5, 0.6) is 0 Å². The third kappa shape index (κ3) is 1.40. The van der Waals surface area contributed by atoms with E-state index in [1.807, 2.05) is 12.1 Å². The van der Waals surface area contributed by atoms with Crippen molar-refractivity contribution in [3.05, 3.63) is 34.6 Å². The topological polar surface area (TPSA) is 59.8 Å². The molecule has 1 aliphatic heterocycles. The first-order valence-corrected chi connectivity index (χ1v) is 5.41. The Hall–Kier alpha value is -1.75. The smallest absolute Gasteiger partial charge is 0.277 e.